The number of aryl methyl sites for hydroxylation is 2. The van der Waals surface area contributed by atoms with Gasteiger partial charge in [-0.15, -0.1) is 11.8 Å². The van der Waals surface area contributed by atoms with E-state index >= 15 is 0 Å². The van der Waals surface area contributed by atoms with Gasteiger partial charge >= 0.3 is 0 Å². The first-order valence-electron chi connectivity index (χ1n) is 7.22. The molecule has 1 N–H and O–H groups in total. The van der Waals surface area contributed by atoms with E-state index in [0.717, 1.165) is 22.6 Å². The van der Waals surface area contributed by atoms with Crippen LogP contribution >= 0.6 is 11.8 Å². The molecule has 0 aliphatic carbocycles. The molecule has 0 spiro atoms. The van der Waals surface area contributed by atoms with E-state index in [1.165, 1.54) is 4.90 Å². The maximum absolute atomic E-state index is 11.9. The van der Waals surface area contributed by atoms with E-state index in [1.807, 2.05) is 62.6 Å². The Kier molecular flexibility index (Phi) is 5.90. The number of benzene rings is 2. The van der Waals surface area contributed by atoms with Crippen LogP contribution in [0.4, 0.5) is 5.69 Å². The summed E-state index contributed by atoms with van der Waals surface area (Å²) in [6, 6.07) is 13.9. The van der Waals surface area contributed by atoms with Gasteiger partial charge in [0.15, 0.2) is 0 Å². The maximum atomic E-state index is 11.9. The van der Waals surface area contributed by atoms with Crippen molar-refractivity contribution in [3.63, 3.8) is 0 Å². The molecular weight excluding hydrogens is 294 g/mol. The van der Waals surface area contributed by atoms with Crippen molar-refractivity contribution in [2.45, 2.75) is 25.2 Å². The zero-order valence-electron chi connectivity index (χ0n) is 13.2. The van der Waals surface area contributed by atoms with E-state index < -0.39 is 0 Å². The van der Waals surface area contributed by atoms with Gasteiger partial charge in [-0.25, -0.2) is 0 Å². The van der Waals surface area contributed by atoms with Gasteiger partial charge in [-0.1, -0.05) is 12.1 Å². The molecule has 0 radical (unpaired) electrons. The number of hydrogen-bond acceptors (Lipinski definition) is 3. The molecule has 2 aromatic carbocycles. The Bertz CT molecular complexity index is 638. The van der Waals surface area contributed by atoms with Gasteiger partial charge in [0.25, 0.3) is 0 Å². The largest absolute Gasteiger partial charge is 0.493 e. The van der Waals surface area contributed by atoms with Crippen LogP contribution in [0.1, 0.15) is 17.5 Å². The van der Waals surface area contributed by atoms with Crippen LogP contribution in [-0.2, 0) is 4.79 Å². The lowest BCUT2D eigenvalue weighted by Gasteiger charge is -2.10. The van der Waals surface area contributed by atoms with Crippen molar-refractivity contribution in [2.24, 2.45) is 0 Å². The lowest BCUT2D eigenvalue weighted by atomic mass is 10.1. The van der Waals surface area contributed by atoms with Crippen molar-refractivity contribution in [3.05, 3.63) is 53.6 Å². The fourth-order valence-electron chi connectivity index (χ4n) is 2.01. The van der Waals surface area contributed by atoms with Crippen LogP contribution in [0.2, 0.25) is 0 Å². The standard InChI is InChI=1S/C18H21NO2S/c1-13-4-5-14(2)17(12-13)21-11-10-18(20)19-15-6-8-16(22-3)9-7-15/h4-9,12H,10-11H2,1-3H3,(H,19,20). The van der Waals surface area contributed by atoms with Gasteiger partial charge in [0.2, 0.25) is 5.91 Å². The molecule has 0 fully saturated rings. The molecule has 2 rings (SSSR count). The second kappa shape index (κ2) is 7.90. The number of carbonyl (C=O) groups excluding carboxylic acids is 1. The molecule has 22 heavy (non-hydrogen) atoms. The van der Waals surface area contributed by atoms with E-state index in [4.69, 9.17) is 4.74 Å². The summed E-state index contributed by atoms with van der Waals surface area (Å²) in [4.78, 5) is 13.1. The Morgan fingerprint density at radius 3 is 2.55 bits per heavy atom. The average Bonchev–Trinajstić information content (AvgIpc) is 2.51. The predicted molar refractivity (Wildman–Crippen MR) is 92.9 cm³/mol. The SMILES string of the molecule is CSc1ccc(NC(=O)CCOc2cc(C)ccc2C)cc1. The fourth-order valence-corrected chi connectivity index (χ4v) is 2.42. The molecule has 0 aliphatic heterocycles. The minimum Gasteiger partial charge on any atom is -0.493 e. The Labute approximate surface area is 136 Å². The van der Waals surface area contributed by atoms with Crippen molar-refractivity contribution in [1.82, 2.24) is 0 Å². The molecule has 4 heteroatoms. The number of thioether (sulfide) groups is 1. The molecular formula is C18H21NO2S. The van der Waals surface area contributed by atoms with E-state index in [-0.39, 0.29) is 5.91 Å². The smallest absolute Gasteiger partial charge is 0.227 e. The molecule has 0 bridgehead atoms. The molecule has 0 aromatic heterocycles. The van der Waals surface area contributed by atoms with Gasteiger partial charge in [-0.05, 0) is 61.6 Å². The third-order valence-corrected chi connectivity index (χ3v) is 4.05. The normalized spacial score (nSPS) is 10.3. The number of hydrogen-bond donors (Lipinski definition) is 1. The summed E-state index contributed by atoms with van der Waals surface area (Å²) in [6.45, 7) is 4.40. The lowest BCUT2D eigenvalue weighted by Crippen LogP contribution is -2.15. The van der Waals surface area contributed by atoms with Crippen molar-refractivity contribution in [1.29, 1.82) is 0 Å². The first-order valence-corrected chi connectivity index (χ1v) is 8.45. The van der Waals surface area contributed by atoms with Gasteiger partial charge in [-0.3, -0.25) is 4.79 Å². The van der Waals surface area contributed by atoms with Crippen LogP contribution in [0.3, 0.4) is 0 Å². The molecule has 0 saturated carbocycles. The third kappa shape index (κ3) is 4.81. The molecule has 2 aromatic rings. The Morgan fingerprint density at radius 1 is 1.14 bits per heavy atom. The lowest BCUT2D eigenvalue weighted by molar-refractivity contribution is -0.116. The number of ether oxygens (including phenoxy) is 1. The third-order valence-electron chi connectivity index (χ3n) is 3.30. The molecule has 0 heterocycles. The molecule has 0 saturated heterocycles. The van der Waals surface area contributed by atoms with Crippen LogP contribution in [0.25, 0.3) is 0 Å². The highest BCUT2D eigenvalue weighted by Crippen LogP contribution is 2.20. The van der Waals surface area contributed by atoms with Gasteiger partial charge < -0.3 is 10.1 Å². The fraction of sp³-hybridized carbons (Fsp3) is 0.278. The van der Waals surface area contributed by atoms with Gasteiger partial charge in [0.05, 0.1) is 13.0 Å². The Morgan fingerprint density at radius 2 is 1.86 bits per heavy atom. The first-order chi connectivity index (χ1) is 10.6. The Balaban J connectivity index is 1.81. The molecule has 0 unspecified atom stereocenters. The van der Waals surface area contributed by atoms with Crippen molar-refractivity contribution < 1.29 is 9.53 Å². The van der Waals surface area contributed by atoms with Crippen LogP contribution < -0.4 is 10.1 Å². The summed E-state index contributed by atoms with van der Waals surface area (Å²) in [5, 5.41) is 2.88. The van der Waals surface area contributed by atoms with E-state index in [9.17, 15) is 4.79 Å². The maximum Gasteiger partial charge on any atom is 0.227 e. The van der Waals surface area contributed by atoms with Crippen LogP contribution in [0, 0.1) is 13.8 Å². The topological polar surface area (TPSA) is 38.3 Å². The highest BCUT2D eigenvalue weighted by Gasteiger charge is 2.05. The van der Waals surface area contributed by atoms with Crippen molar-refractivity contribution in [3.8, 4) is 5.75 Å². The molecule has 0 atom stereocenters. The molecule has 1 amide bonds. The number of nitrogens with one attached hydrogen (secondary N) is 1. The van der Waals surface area contributed by atoms with E-state index in [1.54, 1.807) is 11.8 Å². The highest BCUT2D eigenvalue weighted by atomic mass is 32.2. The second-order valence-corrected chi connectivity index (χ2v) is 6.02. The van der Waals surface area contributed by atoms with E-state index in [0.29, 0.717) is 13.0 Å². The van der Waals surface area contributed by atoms with Crippen molar-refractivity contribution >= 4 is 23.4 Å². The molecule has 0 aliphatic rings. The summed E-state index contributed by atoms with van der Waals surface area (Å²) in [5.74, 6) is 0.805. The zero-order chi connectivity index (χ0) is 15.9. The van der Waals surface area contributed by atoms with Gasteiger partial charge in [-0.2, -0.15) is 0 Å². The summed E-state index contributed by atoms with van der Waals surface area (Å²) in [7, 11) is 0. The molecule has 116 valence electrons. The van der Waals surface area contributed by atoms with Crippen molar-refractivity contribution in [2.75, 3.05) is 18.2 Å². The van der Waals surface area contributed by atoms with Crippen LogP contribution in [0.5, 0.6) is 5.75 Å². The number of anilines is 1. The second-order valence-electron chi connectivity index (χ2n) is 5.14. The number of carbonyl (C=O) groups is 1. The molecule has 3 nitrogen and oxygen atoms in total. The van der Waals surface area contributed by atoms with Crippen LogP contribution in [-0.4, -0.2) is 18.8 Å². The van der Waals surface area contributed by atoms with Gasteiger partial charge in [0, 0.05) is 10.6 Å². The highest BCUT2D eigenvalue weighted by molar-refractivity contribution is 7.98. The summed E-state index contributed by atoms with van der Waals surface area (Å²) >= 11 is 1.68. The summed E-state index contributed by atoms with van der Waals surface area (Å²) in [6.07, 6.45) is 2.36. The number of rotatable bonds is 6. The monoisotopic (exact) mass is 315 g/mol. The van der Waals surface area contributed by atoms with Crippen LogP contribution in [0.15, 0.2) is 47.4 Å². The quantitative estimate of drug-likeness (QED) is 0.801. The van der Waals surface area contributed by atoms with E-state index in [2.05, 4.69) is 5.32 Å². The minimum absolute atomic E-state index is 0.0396. The Hall–Kier alpha value is -1.94. The predicted octanol–water partition coefficient (Wildman–Crippen LogP) is 4.43. The zero-order valence-corrected chi connectivity index (χ0v) is 14.0. The van der Waals surface area contributed by atoms with Gasteiger partial charge in [0.1, 0.15) is 5.75 Å². The first kappa shape index (κ1) is 16.4. The summed E-state index contributed by atoms with van der Waals surface area (Å²) in [5.41, 5.74) is 3.05. The average molecular weight is 315 g/mol. The number of amides is 1. The minimum atomic E-state index is -0.0396. The summed E-state index contributed by atoms with van der Waals surface area (Å²) < 4.78 is 5.70.